The molecule has 21 heavy (non-hydrogen) atoms. The molecule has 0 aliphatic carbocycles. The minimum absolute atomic E-state index is 0. The standard InChI is InChI=1S/C14H28N2O4.ClH/c1-18-10-8-16(9-11-19-2)13(17)14(12-20-3)4-6-15-7-5-14;/h15H,4-12H2,1-3H3;1H. The van der Waals surface area contributed by atoms with Gasteiger partial charge in [0.05, 0.1) is 25.2 Å². The summed E-state index contributed by atoms with van der Waals surface area (Å²) in [5, 5.41) is 3.30. The minimum Gasteiger partial charge on any atom is -0.384 e. The molecule has 0 aromatic heterocycles. The zero-order valence-corrected chi connectivity index (χ0v) is 14.2. The number of piperidine rings is 1. The molecule has 0 bridgehead atoms. The molecule has 1 N–H and O–H groups in total. The maximum absolute atomic E-state index is 12.9. The van der Waals surface area contributed by atoms with Crippen molar-refractivity contribution in [3.8, 4) is 0 Å². The molecule has 0 spiro atoms. The molecule has 1 aliphatic heterocycles. The van der Waals surface area contributed by atoms with Crippen LogP contribution in [0.15, 0.2) is 0 Å². The van der Waals surface area contributed by atoms with Crippen LogP contribution in [0.4, 0.5) is 0 Å². The Morgan fingerprint density at radius 3 is 2.00 bits per heavy atom. The number of rotatable bonds is 9. The van der Waals surface area contributed by atoms with Crippen LogP contribution >= 0.6 is 12.4 Å². The van der Waals surface area contributed by atoms with Gasteiger partial charge in [-0.25, -0.2) is 0 Å². The molecule has 126 valence electrons. The molecule has 6 nitrogen and oxygen atoms in total. The molecule has 0 saturated carbocycles. The number of hydrogen-bond acceptors (Lipinski definition) is 5. The lowest BCUT2D eigenvalue weighted by Crippen LogP contribution is -2.52. The molecule has 0 aromatic rings. The smallest absolute Gasteiger partial charge is 0.231 e. The van der Waals surface area contributed by atoms with Crippen LogP contribution in [-0.4, -0.2) is 78.1 Å². The van der Waals surface area contributed by atoms with Gasteiger partial charge in [0, 0.05) is 34.4 Å². The predicted molar refractivity (Wildman–Crippen MR) is 84.0 cm³/mol. The highest BCUT2D eigenvalue weighted by Gasteiger charge is 2.42. The summed E-state index contributed by atoms with van der Waals surface area (Å²) in [6.45, 7) is 4.46. The molecule has 0 atom stereocenters. The van der Waals surface area contributed by atoms with Crippen LogP contribution in [0.3, 0.4) is 0 Å². The number of ether oxygens (including phenoxy) is 3. The van der Waals surface area contributed by atoms with E-state index in [4.69, 9.17) is 14.2 Å². The zero-order valence-electron chi connectivity index (χ0n) is 13.4. The molecule has 1 fully saturated rings. The van der Waals surface area contributed by atoms with Gasteiger partial charge < -0.3 is 24.4 Å². The lowest BCUT2D eigenvalue weighted by atomic mass is 9.78. The molecule has 1 aliphatic rings. The summed E-state index contributed by atoms with van der Waals surface area (Å²) < 4.78 is 15.5. The first-order valence-corrected chi connectivity index (χ1v) is 7.17. The van der Waals surface area contributed by atoms with E-state index >= 15 is 0 Å². The number of hydrogen-bond donors (Lipinski definition) is 1. The summed E-state index contributed by atoms with van der Waals surface area (Å²) in [6, 6.07) is 0. The number of carbonyl (C=O) groups is 1. The highest BCUT2D eigenvalue weighted by molar-refractivity contribution is 5.85. The Balaban J connectivity index is 0.00000400. The van der Waals surface area contributed by atoms with Crippen molar-refractivity contribution < 1.29 is 19.0 Å². The van der Waals surface area contributed by atoms with Crippen molar-refractivity contribution in [2.24, 2.45) is 5.41 Å². The number of carbonyl (C=O) groups excluding carboxylic acids is 1. The maximum Gasteiger partial charge on any atom is 0.231 e. The second-order valence-electron chi connectivity index (χ2n) is 5.24. The summed E-state index contributed by atoms with van der Waals surface area (Å²) in [5.74, 6) is 0.162. The molecule has 0 unspecified atom stereocenters. The van der Waals surface area contributed by atoms with Gasteiger partial charge in [-0.15, -0.1) is 12.4 Å². The summed E-state index contributed by atoms with van der Waals surface area (Å²) in [7, 11) is 4.95. The van der Waals surface area contributed by atoms with Crippen molar-refractivity contribution >= 4 is 18.3 Å². The zero-order chi connectivity index (χ0) is 14.8. The average Bonchev–Trinajstić information content (AvgIpc) is 2.48. The van der Waals surface area contributed by atoms with E-state index in [1.807, 2.05) is 4.90 Å². The van der Waals surface area contributed by atoms with E-state index in [0.29, 0.717) is 32.9 Å². The normalized spacial score (nSPS) is 17.1. The third-order valence-electron chi connectivity index (χ3n) is 3.85. The topological polar surface area (TPSA) is 60.0 Å². The van der Waals surface area contributed by atoms with Gasteiger partial charge in [0.15, 0.2) is 0 Å². The van der Waals surface area contributed by atoms with Crippen molar-refractivity contribution in [1.29, 1.82) is 0 Å². The number of amides is 1. The van der Waals surface area contributed by atoms with Gasteiger partial charge in [0.1, 0.15) is 0 Å². The van der Waals surface area contributed by atoms with E-state index in [0.717, 1.165) is 25.9 Å². The Morgan fingerprint density at radius 1 is 1.05 bits per heavy atom. The molecule has 1 heterocycles. The Morgan fingerprint density at radius 2 is 1.57 bits per heavy atom. The molecule has 0 aromatic carbocycles. The van der Waals surface area contributed by atoms with Crippen LogP contribution in [0.1, 0.15) is 12.8 Å². The van der Waals surface area contributed by atoms with Gasteiger partial charge >= 0.3 is 0 Å². The molecule has 1 amide bonds. The highest BCUT2D eigenvalue weighted by Crippen LogP contribution is 2.31. The van der Waals surface area contributed by atoms with Crippen molar-refractivity contribution in [3.63, 3.8) is 0 Å². The quantitative estimate of drug-likeness (QED) is 0.671. The number of halogens is 1. The Labute approximate surface area is 133 Å². The van der Waals surface area contributed by atoms with Crippen molar-refractivity contribution in [1.82, 2.24) is 10.2 Å². The fraction of sp³-hybridized carbons (Fsp3) is 0.929. The Bertz CT molecular complexity index is 273. The lowest BCUT2D eigenvalue weighted by Gasteiger charge is -2.39. The summed E-state index contributed by atoms with van der Waals surface area (Å²) in [5.41, 5.74) is -0.401. The fourth-order valence-corrected chi connectivity index (χ4v) is 2.65. The molecular formula is C14H29ClN2O4. The van der Waals surface area contributed by atoms with Crippen molar-refractivity contribution in [2.45, 2.75) is 12.8 Å². The van der Waals surface area contributed by atoms with E-state index in [1.54, 1.807) is 21.3 Å². The summed E-state index contributed by atoms with van der Waals surface area (Å²) in [6.07, 6.45) is 1.63. The summed E-state index contributed by atoms with van der Waals surface area (Å²) >= 11 is 0. The lowest BCUT2D eigenvalue weighted by molar-refractivity contribution is -0.149. The average molecular weight is 325 g/mol. The number of nitrogens with zero attached hydrogens (tertiary/aromatic N) is 1. The number of nitrogens with one attached hydrogen (secondary N) is 1. The first-order valence-electron chi connectivity index (χ1n) is 7.17. The van der Waals surface area contributed by atoms with Crippen LogP contribution < -0.4 is 5.32 Å². The van der Waals surface area contributed by atoms with E-state index in [9.17, 15) is 4.79 Å². The second kappa shape index (κ2) is 11.2. The third kappa shape index (κ3) is 6.08. The van der Waals surface area contributed by atoms with Gasteiger partial charge in [-0.3, -0.25) is 4.79 Å². The molecule has 1 saturated heterocycles. The Hall–Kier alpha value is -0.400. The van der Waals surface area contributed by atoms with Crippen molar-refractivity contribution in [2.75, 3.05) is 67.3 Å². The summed E-state index contributed by atoms with van der Waals surface area (Å²) in [4.78, 5) is 14.8. The first-order chi connectivity index (χ1) is 9.70. The Kier molecular flexibility index (Phi) is 11.0. The van der Waals surface area contributed by atoms with E-state index in [2.05, 4.69) is 5.32 Å². The highest BCUT2D eigenvalue weighted by atomic mass is 35.5. The van der Waals surface area contributed by atoms with Crippen LogP contribution in [0.5, 0.6) is 0 Å². The van der Waals surface area contributed by atoms with Crippen LogP contribution in [-0.2, 0) is 19.0 Å². The molecule has 1 rings (SSSR count). The van der Waals surface area contributed by atoms with Gasteiger partial charge in [-0.1, -0.05) is 0 Å². The molecule has 0 radical (unpaired) electrons. The molecular weight excluding hydrogens is 296 g/mol. The fourth-order valence-electron chi connectivity index (χ4n) is 2.65. The van der Waals surface area contributed by atoms with E-state index in [1.165, 1.54) is 0 Å². The van der Waals surface area contributed by atoms with Crippen LogP contribution in [0.25, 0.3) is 0 Å². The van der Waals surface area contributed by atoms with E-state index in [-0.39, 0.29) is 18.3 Å². The van der Waals surface area contributed by atoms with Crippen LogP contribution in [0.2, 0.25) is 0 Å². The SMILES string of the molecule is COCCN(CCOC)C(=O)C1(COC)CCNCC1.Cl. The minimum atomic E-state index is -0.401. The van der Waals surface area contributed by atoms with E-state index < -0.39 is 5.41 Å². The second-order valence-corrected chi connectivity index (χ2v) is 5.24. The van der Waals surface area contributed by atoms with Gasteiger partial charge in [0.2, 0.25) is 5.91 Å². The van der Waals surface area contributed by atoms with Crippen LogP contribution in [0, 0.1) is 5.41 Å². The number of methoxy groups -OCH3 is 3. The largest absolute Gasteiger partial charge is 0.384 e. The first kappa shape index (κ1) is 20.6. The van der Waals surface area contributed by atoms with Gasteiger partial charge in [0.25, 0.3) is 0 Å². The van der Waals surface area contributed by atoms with Gasteiger partial charge in [-0.05, 0) is 25.9 Å². The molecule has 7 heteroatoms. The predicted octanol–water partition coefficient (Wildman–Crippen LogP) is 0.546. The van der Waals surface area contributed by atoms with Gasteiger partial charge in [-0.2, -0.15) is 0 Å². The third-order valence-corrected chi connectivity index (χ3v) is 3.85. The monoisotopic (exact) mass is 324 g/mol. The van der Waals surface area contributed by atoms with Crippen molar-refractivity contribution in [3.05, 3.63) is 0 Å². The maximum atomic E-state index is 12.9.